The van der Waals surface area contributed by atoms with E-state index >= 15 is 0 Å². The van der Waals surface area contributed by atoms with Crippen LogP contribution in [0.3, 0.4) is 0 Å². The number of benzene rings is 1. The van der Waals surface area contributed by atoms with Gasteiger partial charge in [0.1, 0.15) is 0 Å². The largest absolute Gasteiger partial charge is 0.382 e. The molecule has 0 bridgehead atoms. The molecule has 0 radical (unpaired) electrons. The van der Waals surface area contributed by atoms with Crippen molar-refractivity contribution in [2.75, 3.05) is 40.0 Å². The lowest BCUT2D eigenvalue weighted by atomic mass is 10.1. The first kappa shape index (κ1) is 19.9. The van der Waals surface area contributed by atoms with Crippen LogP contribution in [0.2, 0.25) is 0 Å². The van der Waals surface area contributed by atoms with Gasteiger partial charge in [0.2, 0.25) is 5.91 Å². The van der Waals surface area contributed by atoms with Crippen LogP contribution in [0.1, 0.15) is 29.3 Å². The van der Waals surface area contributed by atoms with Crippen LogP contribution in [0.4, 0.5) is 0 Å². The SMILES string of the molecule is CCNC(=NCc1cccc(C(N)=O)c1)NCCCOCCOC. The zero-order valence-corrected chi connectivity index (χ0v) is 14.5. The smallest absolute Gasteiger partial charge is 0.248 e. The van der Waals surface area contributed by atoms with E-state index in [2.05, 4.69) is 15.6 Å². The summed E-state index contributed by atoms with van der Waals surface area (Å²) in [5, 5.41) is 6.44. The second-order valence-corrected chi connectivity index (χ2v) is 5.15. The van der Waals surface area contributed by atoms with Gasteiger partial charge in [-0.15, -0.1) is 0 Å². The Morgan fingerprint density at radius 2 is 2.08 bits per heavy atom. The number of nitrogens with two attached hydrogens (primary N) is 1. The molecule has 7 heteroatoms. The Morgan fingerprint density at radius 3 is 2.79 bits per heavy atom. The maximum atomic E-state index is 11.2. The van der Waals surface area contributed by atoms with E-state index in [0.29, 0.717) is 31.9 Å². The molecule has 0 aliphatic carbocycles. The number of guanidine groups is 1. The maximum absolute atomic E-state index is 11.2. The first-order valence-corrected chi connectivity index (χ1v) is 8.15. The minimum absolute atomic E-state index is 0.431. The maximum Gasteiger partial charge on any atom is 0.248 e. The predicted molar refractivity (Wildman–Crippen MR) is 95.1 cm³/mol. The molecule has 134 valence electrons. The van der Waals surface area contributed by atoms with Crippen LogP contribution in [0.5, 0.6) is 0 Å². The molecule has 7 nitrogen and oxygen atoms in total. The number of methoxy groups -OCH3 is 1. The van der Waals surface area contributed by atoms with Crippen molar-refractivity contribution in [1.29, 1.82) is 0 Å². The van der Waals surface area contributed by atoms with Gasteiger partial charge in [-0.1, -0.05) is 12.1 Å². The first-order chi connectivity index (χ1) is 11.7. The van der Waals surface area contributed by atoms with Crippen molar-refractivity contribution < 1.29 is 14.3 Å². The molecule has 0 atom stereocenters. The zero-order valence-electron chi connectivity index (χ0n) is 14.5. The summed E-state index contributed by atoms with van der Waals surface area (Å²) >= 11 is 0. The quantitative estimate of drug-likeness (QED) is 0.317. The molecule has 0 fully saturated rings. The number of ether oxygens (including phenoxy) is 2. The van der Waals surface area contributed by atoms with Gasteiger partial charge in [-0.3, -0.25) is 4.79 Å². The summed E-state index contributed by atoms with van der Waals surface area (Å²) in [4.78, 5) is 15.7. The Balaban J connectivity index is 2.42. The molecule has 0 heterocycles. The van der Waals surface area contributed by atoms with E-state index in [1.54, 1.807) is 19.2 Å². The number of rotatable bonds is 11. The normalized spacial score (nSPS) is 11.3. The molecule has 0 spiro atoms. The summed E-state index contributed by atoms with van der Waals surface area (Å²) < 4.78 is 10.3. The monoisotopic (exact) mass is 336 g/mol. The van der Waals surface area contributed by atoms with Crippen LogP contribution in [0, 0.1) is 0 Å². The van der Waals surface area contributed by atoms with Gasteiger partial charge in [0.15, 0.2) is 5.96 Å². The van der Waals surface area contributed by atoms with Gasteiger partial charge < -0.3 is 25.8 Å². The molecule has 0 aliphatic rings. The number of hydrogen-bond donors (Lipinski definition) is 3. The van der Waals surface area contributed by atoms with Gasteiger partial charge in [-0.05, 0) is 31.0 Å². The second-order valence-electron chi connectivity index (χ2n) is 5.15. The van der Waals surface area contributed by atoms with E-state index < -0.39 is 5.91 Å². The molecule has 1 amide bonds. The minimum atomic E-state index is -0.431. The van der Waals surface area contributed by atoms with Crippen molar-refractivity contribution in [3.63, 3.8) is 0 Å². The van der Waals surface area contributed by atoms with Crippen LogP contribution >= 0.6 is 0 Å². The third-order valence-corrected chi connectivity index (χ3v) is 3.17. The third-order valence-electron chi connectivity index (χ3n) is 3.17. The molecular formula is C17H28N4O3. The molecule has 0 saturated heterocycles. The lowest BCUT2D eigenvalue weighted by Crippen LogP contribution is -2.38. The number of nitrogens with zero attached hydrogens (tertiary/aromatic N) is 1. The van der Waals surface area contributed by atoms with E-state index in [4.69, 9.17) is 15.2 Å². The highest BCUT2D eigenvalue weighted by Crippen LogP contribution is 2.06. The summed E-state index contributed by atoms with van der Waals surface area (Å²) in [6.07, 6.45) is 0.880. The highest BCUT2D eigenvalue weighted by Gasteiger charge is 2.02. The van der Waals surface area contributed by atoms with Crippen molar-refractivity contribution in [2.24, 2.45) is 10.7 Å². The van der Waals surface area contributed by atoms with E-state index in [1.807, 2.05) is 19.1 Å². The molecule has 0 saturated carbocycles. The fraction of sp³-hybridized carbons (Fsp3) is 0.529. The molecule has 24 heavy (non-hydrogen) atoms. The van der Waals surface area contributed by atoms with Crippen LogP contribution < -0.4 is 16.4 Å². The fourth-order valence-electron chi connectivity index (χ4n) is 1.96. The van der Waals surface area contributed by atoms with Crippen LogP contribution in [-0.4, -0.2) is 51.9 Å². The number of nitrogens with one attached hydrogen (secondary N) is 2. The van der Waals surface area contributed by atoms with Gasteiger partial charge in [0.25, 0.3) is 0 Å². The summed E-state index contributed by atoms with van der Waals surface area (Å²) in [5.41, 5.74) is 6.72. The van der Waals surface area contributed by atoms with E-state index in [-0.39, 0.29) is 0 Å². The Labute approximate surface area is 143 Å². The van der Waals surface area contributed by atoms with Gasteiger partial charge in [-0.2, -0.15) is 0 Å². The van der Waals surface area contributed by atoms with E-state index in [1.165, 1.54) is 0 Å². The Morgan fingerprint density at radius 1 is 1.25 bits per heavy atom. The number of carbonyl (C=O) groups excluding carboxylic acids is 1. The first-order valence-electron chi connectivity index (χ1n) is 8.15. The summed E-state index contributed by atoms with van der Waals surface area (Å²) in [6.45, 7) is 5.93. The summed E-state index contributed by atoms with van der Waals surface area (Å²) in [7, 11) is 1.66. The molecule has 1 rings (SSSR count). The standard InChI is InChI=1S/C17H28N4O3/c1-3-19-17(20-8-5-9-24-11-10-23-2)21-13-14-6-4-7-15(12-14)16(18)22/h4,6-7,12H,3,5,8-11,13H2,1-2H3,(H2,18,22)(H2,19,20,21). The van der Waals surface area contributed by atoms with Gasteiger partial charge in [-0.25, -0.2) is 4.99 Å². The predicted octanol–water partition coefficient (Wildman–Crippen LogP) is 0.894. The Bertz CT molecular complexity index is 520. The topological polar surface area (TPSA) is 98.0 Å². The minimum Gasteiger partial charge on any atom is -0.382 e. The van der Waals surface area contributed by atoms with E-state index in [0.717, 1.165) is 31.0 Å². The molecule has 0 unspecified atom stereocenters. The molecule has 0 aliphatic heterocycles. The second kappa shape index (κ2) is 12.3. The number of carbonyl (C=O) groups is 1. The van der Waals surface area contributed by atoms with Crippen molar-refractivity contribution in [3.05, 3.63) is 35.4 Å². The molecule has 0 aromatic heterocycles. The zero-order chi connectivity index (χ0) is 17.6. The van der Waals surface area contributed by atoms with Gasteiger partial charge >= 0.3 is 0 Å². The number of hydrogen-bond acceptors (Lipinski definition) is 4. The number of primary amides is 1. The van der Waals surface area contributed by atoms with Crippen LogP contribution in [0.25, 0.3) is 0 Å². The van der Waals surface area contributed by atoms with Crippen molar-refractivity contribution in [1.82, 2.24) is 10.6 Å². The van der Waals surface area contributed by atoms with Crippen LogP contribution in [0.15, 0.2) is 29.3 Å². The molecule has 1 aromatic carbocycles. The molecule has 1 aromatic rings. The average Bonchev–Trinajstić information content (AvgIpc) is 2.59. The Hall–Kier alpha value is -2.12. The van der Waals surface area contributed by atoms with Crippen LogP contribution in [-0.2, 0) is 16.0 Å². The van der Waals surface area contributed by atoms with Crippen molar-refractivity contribution in [2.45, 2.75) is 19.9 Å². The number of amides is 1. The summed E-state index contributed by atoms with van der Waals surface area (Å²) in [6, 6.07) is 7.19. The fourth-order valence-corrected chi connectivity index (χ4v) is 1.96. The Kier molecular flexibility index (Phi) is 10.2. The summed E-state index contributed by atoms with van der Waals surface area (Å²) in [5.74, 6) is 0.304. The molecular weight excluding hydrogens is 308 g/mol. The molecule has 4 N–H and O–H groups in total. The highest BCUT2D eigenvalue weighted by molar-refractivity contribution is 5.92. The highest BCUT2D eigenvalue weighted by atomic mass is 16.5. The third kappa shape index (κ3) is 8.50. The van der Waals surface area contributed by atoms with Gasteiger partial charge in [0.05, 0.1) is 19.8 Å². The van der Waals surface area contributed by atoms with Crippen molar-refractivity contribution >= 4 is 11.9 Å². The number of aliphatic imine (C=N–C) groups is 1. The van der Waals surface area contributed by atoms with Crippen molar-refractivity contribution in [3.8, 4) is 0 Å². The average molecular weight is 336 g/mol. The lowest BCUT2D eigenvalue weighted by Gasteiger charge is -2.11. The van der Waals surface area contributed by atoms with Gasteiger partial charge in [0, 0.05) is 32.4 Å². The lowest BCUT2D eigenvalue weighted by molar-refractivity contribution is 0.0698. The van der Waals surface area contributed by atoms with E-state index in [9.17, 15) is 4.79 Å².